The van der Waals surface area contributed by atoms with Crippen LogP contribution in [0.3, 0.4) is 0 Å². The summed E-state index contributed by atoms with van der Waals surface area (Å²) in [7, 11) is 0. The molecule has 1 amide bonds. The van der Waals surface area contributed by atoms with Crippen LogP contribution < -0.4 is 4.74 Å². The normalized spacial score (nSPS) is 21.7. The minimum Gasteiger partial charge on any atom is -0.490 e. The maximum atomic E-state index is 13.6. The van der Waals surface area contributed by atoms with Crippen LogP contribution >= 0.6 is 0 Å². The smallest absolute Gasteiger partial charge is 0.236 e. The quantitative estimate of drug-likeness (QED) is 0.828. The fourth-order valence-corrected chi connectivity index (χ4v) is 4.15. The fraction of sp³-hybridized carbons (Fsp3) is 0.524. The standard InChI is InChI=1S/C21H26FN3O2/c1-15-4-3-9-25(15)21(26)14-24-10-7-17(8-11-24)27-20-6-2-5-19-18(20)12-16(22)13-23-19/h2,5-6,12-13,15,17H,3-4,7-11,14H2,1H3/t15-/m1/s1. The van der Waals surface area contributed by atoms with Gasteiger partial charge in [0.2, 0.25) is 5.91 Å². The lowest BCUT2D eigenvalue weighted by Gasteiger charge is -2.33. The van der Waals surface area contributed by atoms with Crippen molar-refractivity contribution in [3.8, 4) is 5.75 Å². The summed E-state index contributed by atoms with van der Waals surface area (Å²) < 4.78 is 19.7. The number of likely N-dealkylation sites (tertiary alicyclic amines) is 2. The summed E-state index contributed by atoms with van der Waals surface area (Å²) in [5.74, 6) is 0.568. The number of benzene rings is 1. The number of carbonyl (C=O) groups is 1. The van der Waals surface area contributed by atoms with Crippen molar-refractivity contribution in [2.75, 3.05) is 26.2 Å². The molecule has 0 aliphatic carbocycles. The minimum atomic E-state index is -0.358. The Balaban J connectivity index is 1.33. The van der Waals surface area contributed by atoms with Gasteiger partial charge in [0.15, 0.2) is 0 Å². The largest absolute Gasteiger partial charge is 0.490 e. The molecule has 0 spiro atoms. The van der Waals surface area contributed by atoms with Crippen molar-refractivity contribution < 1.29 is 13.9 Å². The molecule has 0 radical (unpaired) electrons. The van der Waals surface area contributed by atoms with Crippen molar-refractivity contribution in [1.29, 1.82) is 0 Å². The highest BCUT2D eigenvalue weighted by Gasteiger charge is 2.28. The van der Waals surface area contributed by atoms with Gasteiger partial charge in [0.1, 0.15) is 17.7 Å². The van der Waals surface area contributed by atoms with Crippen molar-refractivity contribution in [2.24, 2.45) is 0 Å². The second-order valence-electron chi connectivity index (χ2n) is 7.65. The van der Waals surface area contributed by atoms with Gasteiger partial charge in [-0.2, -0.15) is 0 Å². The number of ether oxygens (including phenoxy) is 1. The summed E-state index contributed by atoms with van der Waals surface area (Å²) in [5, 5.41) is 0.707. The van der Waals surface area contributed by atoms with E-state index in [0.29, 0.717) is 23.7 Å². The van der Waals surface area contributed by atoms with E-state index in [9.17, 15) is 9.18 Å². The van der Waals surface area contributed by atoms with Crippen LogP contribution in [-0.2, 0) is 4.79 Å². The molecule has 2 fully saturated rings. The van der Waals surface area contributed by atoms with E-state index in [1.165, 1.54) is 12.3 Å². The molecule has 0 N–H and O–H groups in total. The van der Waals surface area contributed by atoms with E-state index in [4.69, 9.17) is 4.74 Å². The van der Waals surface area contributed by atoms with E-state index in [2.05, 4.69) is 16.8 Å². The van der Waals surface area contributed by atoms with Gasteiger partial charge in [-0.1, -0.05) is 6.07 Å². The predicted octanol–water partition coefficient (Wildman–Crippen LogP) is 3.23. The van der Waals surface area contributed by atoms with Crippen LogP contribution in [0.1, 0.15) is 32.6 Å². The Morgan fingerprint density at radius 1 is 1.26 bits per heavy atom. The number of hydrogen-bond acceptors (Lipinski definition) is 4. The first-order chi connectivity index (χ1) is 13.1. The molecule has 3 heterocycles. The van der Waals surface area contributed by atoms with E-state index in [-0.39, 0.29) is 17.8 Å². The van der Waals surface area contributed by atoms with Gasteiger partial charge >= 0.3 is 0 Å². The van der Waals surface area contributed by atoms with Crippen molar-refractivity contribution in [1.82, 2.24) is 14.8 Å². The predicted molar refractivity (Wildman–Crippen MR) is 102 cm³/mol. The van der Waals surface area contributed by atoms with Crippen LogP contribution in [0.15, 0.2) is 30.5 Å². The third-order valence-electron chi connectivity index (χ3n) is 5.71. The molecule has 4 rings (SSSR count). The van der Waals surface area contributed by atoms with E-state index in [1.54, 1.807) is 0 Å². The molecule has 0 bridgehead atoms. The topological polar surface area (TPSA) is 45.7 Å². The molecule has 0 unspecified atom stereocenters. The number of nitrogens with zero attached hydrogens (tertiary/aromatic N) is 3. The summed E-state index contributed by atoms with van der Waals surface area (Å²) in [6.45, 7) is 5.21. The highest BCUT2D eigenvalue weighted by Crippen LogP contribution is 2.28. The molecular weight excluding hydrogens is 345 g/mol. The van der Waals surface area contributed by atoms with Gasteiger partial charge in [-0.25, -0.2) is 4.39 Å². The first-order valence-electron chi connectivity index (χ1n) is 9.83. The summed E-state index contributed by atoms with van der Waals surface area (Å²) in [4.78, 5) is 20.8. The molecule has 2 aromatic rings. The highest BCUT2D eigenvalue weighted by molar-refractivity contribution is 5.85. The van der Waals surface area contributed by atoms with E-state index in [0.717, 1.165) is 50.8 Å². The third kappa shape index (κ3) is 4.05. The summed E-state index contributed by atoms with van der Waals surface area (Å²) >= 11 is 0. The maximum Gasteiger partial charge on any atom is 0.236 e. The Morgan fingerprint density at radius 2 is 2.07 bits per heavy atom. The monoisotopic (exact) mass is 371 g/mol. The van der Waals surface area contributed by atoms with Crippen LogP contribution in [0.5, 0.6) is 5.75 Å². The number of hydrogen-bond donors (Lipinski definition) is 0. The van der Waals surface area contributed by atoms with Gasteiger partial charge in [-0.3, -0.25) is 14.7 Å². The lowest BCUT2D eigenvalue weighted by molar-refractivity contribution is -0.133. The highest BCUT2D eigenvalue weighted by atomic mass is 19.1. The number of carbonyl (C=O) groups excluding carboxylic acids is 1. The van der Waals surface area contributed by atoms with Crippen LogP contribution in [0.2, 0.25) is 0 Å². The first kappa shape index (κ1) is 18.2. The number of halogens is 1. The van der Waals surface area contributed by atoms with Crippen LogP contribution in [0.4, 0.5) is 4.39 Å². The van der Waals surface area contributed by atoms with E-state index in [1.807, 2.05) is 23.1 Å². The Labute approximate surface area is 159 Å². The van der Waals surface area contributed by atoms with Crippen LogP contribution in [0, 0.1) is 5.82 Å². The van der Waals surface area contributed by atoms with Gasteiger partial charge < -0.3 is 9.64 Å². The second kappa shape index (κ2) is 7.80. The zero-order valence-corrected chi connectivity index (χ0v) is 15.7. The number of rotatable bonds is 4. The molecular formula is C21H26FN3O2. The Bertz CT molecular complexity index is 820. The molecule has 2 saturated heterocycles. The van der Waals surface area contributed by atoms with Crippen LogP contribution in [-0.4, -0.2) is 59.0 Å². The van der Waals surface area contributed by atoms with Gasteiger partial charge in [0.05, 0.1) is 18.3 Å². The SMILES string of the molecule is C[C@@H]1CCCN1C(=O)CN1CCC(Oc2cccc3ncc(F)cc23)CC1. The number of piperidine rings is 1. The molecule has 2 aliphatic rings. The first-order valence-corrected chi connectivity index (χ1v) is 9.83. The average molecular weight is 371 g/mol. The molecule has 5 nitrogen and oxygen atoms in total. The average Bonchev–Trinajstić information content (AvgIpc) is 3.10. The summed E-state index contributed by atoms with van der Waals surface area (Å²) in [5.41, 5.74) is 0.733. The van der Waals surface area contributed by atoms with Gasteiger partial charge in [0.25, 0.3) is 0 Å². The molecule has 1 aromatic heterocycles. The van der Waals surface area contributed by atoms with Gasteiger partial charge in [-0.05, 0) is 50.8 Å². The van der Waals surface area contributed by atoms with Crippen molar-refractivity contribution in [3.63, 3.8) is 0 Å². The molecule has 0 saturated carbocycles. The van der Waals surface area contributed by atoms with E-state index < -0.39 is 0 Å². The van der Waals surface area contributed by atoms with Gasteiger partial charge in [0, 0.05) is 31.1 Å². The maximum absolute atomic E-state index is 13.6. The Morgan fingerprint density at radius 3 is 2.81 bits per heavy atom. The Kier molecular flexibility index (Phi) is 5.25. The number of pyridine rings is 1. The second-order valence-corrected chi connectivity index (χ2v) is 7.65. The summed E-state index contributed by atoms with van der Waals surface area (Å²) in [6, 6.07) is 7.46. The van der Waals surface area contributed by atoms with Gasteiger partial charge in [-0.15, -0.1) is 0 Å². The lowest BCUT2D eigenvalue weighted by atomic mass is 10.1. The lowest BCUT2D eigenvalue weighted by Crippen LogP contribution is -2.45. The number of aromatic nitrogens is 1. The minimum absolute atomic E-state index is 0.0796. The molecule has 6 heteroatoms. The Hall–Kier alpha value is -2.21. The molecule has 144 valence electrons. The van der Waals surface area contributed by atoms with Crippen molar-refractivity contribution in [2.45, 2.75) is 44.8 Å². The third-order valence-corrected chi connectivity index (χ3v) is 5.71. The number of fused-ring (bicyclic) bond motifs is 1. The van der Waals surface area contributed by atoms with Crippen LogP contribution in [0.25, 0.3) is 10.9 Å². The van der Waals surface area contributed by atoms with Crippen molar-refractivity contribution in [3.05, 3.63) is 36.3 Å². The van der Waals surface area contributed by atoms with Crippen molar-refractivity contribution >= 4 is 16.8 Å². The molecule has 1 atom stereocenters. The summed E-state index contributed by atoms with van der Waals surface area (Å²) in [6.07, 6.45) is 5.26. The molecule has 2 aliphatic heterocycles. The zero-order valence-electron chi connectivity index (χ0n) is 15.7. The molecule has 1 aromatic carbocycles. The fourth-order valence-electron chi connectivity index (χ4n) is 4.15. The molecule has 27 heavy (non-hydrogen) atoms. The number of amides is 1. The zero-order chi connectivity index (χ0) is 18.8. The van der Waals surface area contributed by atoms with E-state index >= 15 is 0 Å².